The molecule has 4 heteroatoms. The van der Waals surface area contributed by atoms with Crippen molar-refractivity contribution in [3.8, 4) is 0 Å². The number of rotatable bonds is 5. The molecule has 4 nitrogen and oxygen atoms in total. The normalized spacial score (nSPS) is 11.2. The van der Waals surface area contributed by atoms with Crippen LogP contribution < -0.4 is 10.6 Å². The molecule has 88 valence electrons. The first-order valence-electron chi connectivity index (χ1n) is 5.38. The lowest BCUT2D eigenvalue weighted by molar-refractivity contribution is -0.128. The number of nitrogens with zero attached hydrogens (tertiary/aromatic N) is 1. The van der Waals surface area contributed by atoms with E-state index in [1.54, 1.807) is 13.2 Å². The first-order chi connectivity index (χ1) is 7.56. The van der Waals surface area contributed by atoms with Gasteiger partial charge in [-0.3, -0.25) is 9.78 Å². The van der Waals surface area contributed by atoms with Gasteiger partial charge in [0, 0.05) is 32.5 Å². The van der Waals surface area contributed by atoms with Crippen molar-refractivity contribution < 1.29 is 4.79 Å². The maximum Gasteiger partial charge on any atom is 0.226 e. The zero-order valence-electron chi connectivity index (χ0n) is 10.1. The van der Waals surface area contributed by atoms with Gasteiger partial charge < -0.3 is 10.6 Å². The highest BCUT2D eigenvalue weighted by atomic mass is 16.2. The van der Waals surface area contributed by atoms with Crippen molar-refractivity contribution in [3.63, 3.8) is 0 Å². The summed E-state index contributed by atoms with van der Waals surface area (Å²) >= 11 is 0. The molecule has 1 amide bonds. The average molecular weight is 221 g/mol. The van der Waals surface area contributed by atoms with Gasteiger partial charge in [-0.2, -0.15) is 0 Å². The second-order valence-electron chi connectivity index (χ2n) is 4.43. The van der Waals surface area contributed by atoms with E-state index < -0.39 is 5.41 Å². The fourth-order valence-electron chi connectivity index (χ4n) is 1.44. The van der Waals surface area contributed by atoms with Crippen LogP contribution >= 0.6 is 0 Å². The number of nitrogens with one attached hydrogen (secondary N) is 2. The number of aromatic nitrogens is 1. The molecule has 16 heavy (non-hydrogen) atoms. The lowest BCUT2D eigenvalue weighted by Gasteiger charge is -2.22. The largest absolute Gasteiger partial charge is 0.359 e. The minimum atomic E-state index is -0.392. The van der Waals surface area contributed by atoms with Crippen LogP contribution in [0.3, 0.4) is 0 Å². The Bertz CT molecular complexity index is 335. The first-order valence-corrected chi connectivity index (χ1v) is 5.38. The van der Waals surface area contributed by atoms with E-state index in [0.29, 0.717) is 6.54 Å². The zero-order valence-corrected chi connectivity index (χ0v) is 10.1. The number of pyridine rings is 1. The average Bonchev–Trinajstić information content (AvgIpc) is 2.29. The van der Waals surface area contributed by atoms with E-state index in [0.717, 1.165) is 12.1 Å². The molecular formula is C12H19N3O. The van der Waals surface area contributed by atoms with Crippen molar-refractivity contribution >= 4 is 5.91 Å². The summed E-state index contributed by atoms with van der Waals surface area (Å²) in [5.74, 6) is 0.0474. The van der Waals surface area contributed by atoms with Crippen LogP contribution in [0.5, 0.6) is 0 Å². The topological polar surface area (TPSA) is 54.0 Å². The Morgan fingerprint density at radius 2 is 2.25 bits per heavy atom. The van der Waals surface area contributed by atoms with Gasteiger partial charge >= 0.3 is 0 Å². The lowest BCUT2D eigenvalue weighted by Crippen LogP contribution is -2.41. The molecule has 1 rings (SSSR count). The Balaban J connectivity index is 2.38. The Hall–Kier alpha value is -1.42. The molecule has 1 aromatic heterocycles. The van der Waals surface area contributed by atoms with Crippen LogP contribution in [0, 0.1) is 5.41 Å². The molecule has 0 fully saturated rings. The second-order valence-corrected chi connectivity index (χ2v) is 4.43. The van der Waals surface area contributed by atoms with Gasteiger partial charge in [0.05, 0.1) is 5.41 Å². The van der Waals surface area contributed by atoms with Crippen molar-refractivity contribution in [1.82, 2.24) is 15.6 Å². The molecule has 0 saturated carbocycles. The van der Waals surface area contributed by atoms with E-state index >= 15 is 0 Å². The highest BCUT2D eigenvalue weighted by molar-refractivity contribution is 5.81. The van der Waals surface area contributed by atoms with E-state index in [4.69, 9.17) is 0 Å². The van der Waals surface area contributed by atoms with E-state index in [1.165, 1.54) is 0 Å². The number of hydrogen-bond acceptors (Lipinski definition) is 3. The third-order valence-corrected chi connectivity index (χ3v) is 2.46. The van der Waals surface area contributed by atoms with Crippen LogP contribution in [0.4, 0.5) is 0 Å². The highest BCUT2D eigenvalue weighted by Gasteiger charge is 2.25. The second kappa shape index (κ2) is 5.61. The summed E-state index contributed by atoms with van der Waals surface area (Å²) in [5, 5.41) is 5.92. The summed E-state index contributed by atoms with van der Waals surface area (Å²) in [6, 6.07) is 3.91. The number of amides is 1. The van der Waals surface area contributed by atoms with Crippen molar-refractivity contribution in [2.45, 2.75) is 20.4 Å². The first kappa shape index (κ1) is 12.6. The molecule has 1 heterocycles. The van der Waals surface area contributed by atoms with Gasteiger partial charge in [0.2, 0.25) is 5.91 Å². The van der Waals surface area contributed by atoms with Crippen LogP contribution in [0.2, 0.25) is 0 Å². The minimum absolute atomic E-state index is 0.0474. The molecule has 0 aliphatic heterocycles. The van der Waals surface area contributed by atoms with E-state index in [9.17, 15) is 4.79 Å². The maximum atomic E-state index is 11.5. The Morgan fingerprint density at radius 1 is 1.50 bits per heavy atom. The predicted molar refractivity (Wildman–Crippen MR) is 63.8 cm³/mol. The van der Waals surface area contributed by atoms with Gasteiger partial charge in [0.25, 0.3) is 0 Å². The van der Waals surface area contributed by atoms with Gasteiger partial charge in [-0.15, -0.1) is 0 Å². The highest BCUT2D eigenvalue weighted by Crippen LogP contribution is 2.13. The predicted octanol–water partition coefficient (Wildman–Crippen LogP) is 0.943. The maximum absolute atomic E-state index is 11.5. The van der Waals surface area contributed by atoms with Crippen molar-refractivity contribution in [2.24, 2.45) is 5.41 Å². The molecule has 0 saturated heterocycles. The number of carbonyl (C=O) groups is 1. The summed E-state index contributed by atoms with van der Waals surface area (Å²) in [5.41, 5.74) is 0.729. The molecule has 0 unspecified atom stereocenters. The summed E-state index contributed by atoms with van der Waals surface area (Å²) in [4.78, 5) is 15.5. The lowest BCUT2D eigenvalue weighted by atomic mass is 9.92. The molecular weight excluding hydrogens is 202 g/mol. The van der Waals surface area contributed by atoms with Crippen LogP contribution in [0.1, 0.15) is 19.4 Å². The standard InChI is InChI=1S/C12H19N3O/c1-12(2,11(16)13-3)9-15-8-10-5-4-6-14-7-10/h4-7,15H,8-9H2,1-3H3,(H,13,16). The molecule has 0 aliphatic rings. The van der Waals surface area contributed by atoms with E-state index in [1.807, 2.05) is 32.2 Å². The van der Waals surface area contributed by atoms with Crippen molar-refractivity contribution in [2.75, 3.05) is 13.6 Å². The fourth-order valence-corrected chi connectivity index (χ4v) is 1.44. The quantitative estimate of drug-likeness (QED) is 0.778. The fraction of sp³-hybridized carbons (Fsp3) is 0.500. The summed E-state index contributed by atoms with van der Waals surface area (Å²) in [7, 11) is 1.66. The van der Waals surface area contributed by atoms with Crippen LogP contribution in [0.15, 0.2) is 24.5 Å². The minimum Gasteiger partial charge on any atom is -0.359 e. The molecule has 0 radical (unpaired) electrons. The third kappa shape index (κ3) is 3.62. The smallest absolute Gasteiger partial charge is 0.226 e. The Kier molecular flexibility index (Phi) is 4.43. The molecule has 0 aromatic carbocycles. The SMILES string of the molecule is CNC(=O)C(C)(C)CNCc1cccnc1. The van der Waals surface area contributed by atoms with Gasteiger partial charge in [0.15, 0.2) is 0 Å². The van der Waals surface area contributed by atoms with Crippen LogP contribution in [-0.2, 0) is 11.3 Å². The third-order valence-electron chi connectivity index (χ3n) is 2.46. The molecule has 0 aliphatic carbocycles. The van der Waals surface area contributed by atoms with Crippen molar-refractivity contribution in [1.29, 1.82) is 0 Å². The van der Waals surface area contributed by atoms with Gasteiger partial charge in [-0.25, -0.2) is 0 Å². The molecule has 1 aromatic rings. The molecule has 0 spiro atoms. The molecule has 0 atom stereocenters. The summed E-state index contributed by atoms with van der Waals surface area (Å²) in [6.07, 6.45) is 3.57. The Morgan fingerprint density at radius 3 is 2.81 bits per heavy atom. The van der Waals surface area contributed by atoms with E-state index in [2.05, 4.69) is 15.6 Å². The van der Waals surface area contributed by atoms with Gasteiger partial charge in [-0.1, -0.05) is 6.07 Å². The molecule has 0 bridgehead atoms. The number of hydrogen-bond donors (Lipinski definition) is 2. The van der Waals surface area contributed by atoms with Crippen LogP contribution in [-0.4, -0.2) is 24.5 Å². The monoisotopic (exact) mass is 221 g/mol. The summed E-state index contributed by atoms with van der Waals surface area (Å²) < 4.78 is 0. The summed E-state index contributed by atoms with van der Waals surface area (Å²) in [6.45, 7) is 5.21. The van der Waals surface area contributed by atoms with Gasteiger partial charge in [0.1, 0.15) is 0 Å². The zero-order chi connectivity index (χ0) is 12.0. The van der Waals surface area contributed by atoms with E-state index in [-0.39, 0.29) is 5.91 Å². The van der Waals surface area contributed by atoms with Gasteiger partial charge in [-0.05, 0) is 25.5 Å². The number of carbonyl (C=O) groups excluding carboxylic acids is 1. The van der Waals surface area contributed by atoms with Crippen LogP contribution in [0.25, 0.3) is 0 Å². The Labute approximate surface area is 96.5 Å². The van der Waals surface area contributed by atoms with Crippen molar-refractivity contribution in [3.05, 3.63) is 30.1 Å². The molecule has 2 N–H and O–H groups in total.